The molecular formula is C28H25F3N4O3. The molecule has 196 valence electrons. The van der Waals surface area contributed by atoms with Crippen LogP contribution in [0.2, 0.25) is 0 Å². The molecule has 0 amide bonds. The second-order valence-electron chi connectivity index (χ2n) is 8.95. The van der Waals surface area contributed by atoms with Crippen molar-refractivity contribution in [3.05, 3.63) is 64.9 Å². The molecule has 0 unspecified atom stereocenters. The Morgan fingerprint density at radius 2 is 1.95 bits per heavy atom. The predicted octanol–water partition coefficient (Wildman–Crippen LogP) is 5.05. The summed E-state index contributed by atoms with van der Waals surface area (Å²) in [6.45, 7) is 2.53. The van der Waals surface area contributed by atoms with Crippen molar-refractivity contribution in [3.8, 4) is 17.0 Å². The van der Waals surface area contributed by atoms with Gasteiger partial charge in [-0.25, -0.2) is 9.97 Å². The van der Waals surface area contributed by atoms with Crippen molar-refractivity contribution in [2.75, 3.05) is 11.4 Å². The fourth-order valence-electron chi connectivity index (χ4n) is 4.70. The van der Waals surface area contributed by atoms with E-state index in [4.69, 9.17) is 9.97 Å². The lowest BCUT2D eigenvalue weighted by Gasteiger charge is -2.32. The van der Waals surface area contributed by atoms with Crippen molar-refractivity contribution >= 4 is 40.5 Å². The first-order valence-corrected chi connectivity index (χ1v) is 12.3. The van der Waals surface area contributed by atoms with Crippen LogP contribution in [0.25, 0.3) is 34.3 Å². The van der Waals surface area contributed by atoms with E-state index < -0.39 is 12.3 Å². The van der Waals surface area contributed by atoms with E-state index in [1.807, 2.05) is 48.4 Å². The van der Waals surface area contributed by atoms with E-state index in [-0.39, 0.29) is 12.2 Å². The molecule has 5 rings (SSSR count). The summed E-state index contributed by atoms with van der Waals surface area (Å²) in [6, 6.07) is 12.1. The number of carboxylic acids is 1. The van der Waals surface area contributed by atoms with Gasteiger partial charge in [0, 0.05) is 34.9 Å². The Morgan fingerprint density at radius 3 is 2.71 bits per heavy atom. The minimum absolute atomic E-state index is 0.220. The number of rotatable bonds is 6. The predicted molar refractivity (Wildman–Crippen MR) is 139 cm³/mol. The highest BCUT2D eigenvalue weighted by atomic mass is 19.4. The van der Waals surface area contributed by atoms with Gasteiger partial charge in [-0.2, -0.15) is 0 Å². The first-order chi connectivity index (χ1) is 18.2. The van der Waals surface area contributed by atoms with Gasteiger partial charge in [0.25, 0.3) is 0 Å². The van der Waals surface area contributed by atoms with Crippen LogP contribution in [0.5, 0.6) is 5.75 Å². The Hall–Kier alpha value is -4.34. The molecule has 38 heavy (non-hydrogen) atoms. The van der Waals surface area contributed by atoms with E-state index in [9.17, 15) is 23.1 Å². The van der Waals surface area contributed by atoms with Gasteiger partial charge in [0.15, 0.2) is 5.82 Å². The molecule has 0 bridgehead atoms. The number of carboxylic acid groups (broad SMARTS) is 1. The number of nitrogens with one attached hydrogen (secondary N) is 1. The minimum atomic E-state index is -4.78. The van der Waals surface area contributed by atoms with Crippen LogP contribution in [0.1, 0.15) is 31.7 Å². The van der Waals surface area contributed by atoms with Crippen LogP contribution in [-0.4, -0.2) is 38.9 Å². The summed E-state index contributed by atoms with van der Waals surface area (Å²) in [5.41, 5.74) is 3.80. The third-order valence-electron chi connectivity index (χ3n) is 6.29. The van der Waals surface area contributed by atoms with Crippen molar-refractivity contribution in [1.29, 1.82) is 0 Å². The fourth-order valence-corrected chi connectivity index (χ4v) is 4.70. The molecule has 0 spiro atoms. The number of alkyl halides is 3. The number of hydrogen-bond acceptors (Lipinski definition) is 5. The zero-order valence-electron chi connectivity index (χ0n) is 20.5. The van der Waals surface area contributed by atoms with Gasteiger partial charge in [-0.1, -0.05) is 19.1 Å². The van der Waals surface area contributed by atoms with Crippen molar-refractivity contribution in [3.63, 3.8) is 0 Å². The standard InChI is InChI=1S/C28H25F3N4O3/c1-2-4-22-23(9-11-25(36)37)34-27(26(33-22)19-6-8-21-17(15-19)12-13-32-21)35-14-3-5-18-16-20(7-10-24(18)35)38-28(29,30)31/h4,6-10,12-13,15-16,32H,2-3,5,11,14H2,1H3,(H,36,37)/b22-4+,23-9+. The average molecular weight is 523 g/mol. The summed E-state index contributed by atoms with van der Waals surface area (Å²) < 4.78 is 42.6. The summed E-state index contributed by atoms with van der Waals surface area (Å²) >= 11 is 0. The summed E-state index contributed by atoms with van der Waals surface area (Å²) in [5.74, 6) is -0.751. The Morgan fingerprint density at radius 1 is 1.13 bits per heavy atom. The lowest BCUT2D eigenvalue weighted by molar-refractivity contribution is -0.274. The first-order valence-electron chi connectivity index (χ1n) is 12.3. The third-order valence-corrected chi connectivity index (χ3v) is 6.29. The van der Waals surface area contributed by atoms with Gasteiger partial charge >= 0.3 is 12.3 Å². The van der Waals surface area contributed by atoms with Crippen molar-refractivity contribution < 1.29 is 27.8 Å². The topological polar surface area (TPSA) is 91.3 Å². The van der Waals surface area contributed by atoms with Gasteiger partial charge in [0.1, 0.15) is 11.4 Å². The summed E-state index contributed by atoms with van der Waals surface area (Å²) in [4.78, 5) is 26.3. The van der Waals surface area contributed by atoms with Crippen LogP contribution in [0.15, 0.2) is 48.7 Å². The Labute approximate surface area is 215 Å². The first kappa shape index (κ1) is 25.3. The molecule has 2 aromatic heterocycles. The molecule has 0 aliphatic carbocycles. The number of carbonyl (C=O) groups is 1. The Bertz CT molecular complexity index is 1630. The van der Waals surface area contributed by atoms with Gasteiger partial charge in [0.05, 0.1) is 17.1 Å². The zero-order chi connectivity index (χ0) is 26.9. The van der Waals surface area contributed by atoms with E-state index in [0.29, 0.717) is 59.3 Å². The molecule has 1 aliphatic rings. The van der Waals surface area contributed by atoms with Gasteiger partial charge in [-0.05, 0) is 67.3 Å². The lowest BCUT2D eigenvalue weighted by Crippen LogP contribution is -2.36. The number of H-pyrrole nitrogens is 1. The number of aromatic nitrogens is 3. The fraction of sp³-hybridized carbons (Fsp3) is 0.250. The van der Waals surface area contributed by atoms with Crippen LogP contribution in [0.3, 0.4) is 0 Å². The second-order valence-corrected chi connectivity index (χ2v) is 8.95. The normalized spacial score (nSPS) is 14.7. The number of ether oxygens (including phenoxy) is 1. The van der Waals surface area contributed by atoms with E-state index >= 15 is 0 Å². The molecule has 0 fully saturated rings. The lowest BCUT2D eigenvalue weighted by atomic mass is 10.0. The van der Waals surface area contributed by atoms with E-state index in [1.165, 1.54) is 18.2 Å². The van der Waals surface area contributed by atoms with Crippen LogP contribution in [0.4, 0.5) is 24.7 Å². The van der Waals surface area contributed by atoms with Crippen molar-refractivity contribution in [2.45, 2.75) is 39.0 Å². The monoisotopic (exact) mass is 522 g/mol. The maximum atomic E-state index is 12.8. The second kappa shape index (κ2) is 10.2. The van der Waals surface area contributed by atoms with Crippen LogP contribution >= 0.6 is 0 Å². The molecule has 0 saturated heterocycles. The molecule has 7 nitrogen and oxygen atoms in total. The Balaban J connectivity index is 1.71. The van der Waals surface area contributed by atoms with Crippen LogP contribution in [-0.2, 0) is 11.2 Å². The average Bonchev–Trinajstić information content (AvgIpc) is 3.34. The van der Waals surface area contributed by atoms with Gasteiger partial charge in [-0.3, -0.25) is 4.79 Å². The van der Waals surface area contributed by atoms with Gasteiger partial charge in [0.2, 0.25) is 0 Å². The van der Waals surface area contributed by atoms with Crippen molar-refractivity contribution in [2.24, 2.45) is 0 Å². The number of halogens is 3. The number of benzene rings is 2. The quantitative estimate of drug-likeness (QED) is 0.368. The molecule has 0 atom stereocenters. The number of fused-ring (bicyclic) bond motifs is 2. The third kappa shape index (κ3) is 5.34. The highest BCUT2D eigenvalue weighted by Gasteiger charge is 2.32. The maximum absolute atomic E-state index is 12.8. The number of aryl methyl sites for hydroxylation is 1. The summed E-state index contributed by atoms with van der Waals surface area (Å²) in [7, 11) is 0. The number of aromatic amines is 1. The summed E-state index contributed by atoms with van der Waals surface area (Å²) in [6.07, 6.45) is 2.21. The van der Waals surface area contributed by atoms with Gasteiger partial charge in [-0.15, -0.1) is 13.2 Å². The molecule has 4 aromatic rings. The van der Waals surface area contributed by atoms with Crippen molar-refractivity contribution in [1.82, 2.24) is 15.0 Å². The van der Waals surface area contributed by atoms with E-state index in [2.05, 4.69) is 9.72 Å². The molecule has 0 radical (unpaired) electrons. The number of anilines is 2. The molecule has 0 saturated carbocycles. The highest BCUT2D eigenvalue weighted by Crippen LogP contribution is 2.39. The minimum Gasteiger partial charge on any atom is -0.481 e. The Kier molecular flexibility index (Phi) is 6.79. The largest absolute Gasteiger partial charge is 0.573 e. The molecule has 3 heterocycles. The zero-order valence-corrected chi connectivity index (χ0v) is 20.5. The molecule has 2 aromatic carbocycles. The van der Waals surface area contributed by atoms with Crippen LogP contribution < -0.4 is 20.3 Å². The summed E-state index contributed by atoms with van der Waals surface area (Å²) in [5, 5.41) is 11.3. The maximum Gasteiger partial charge on any atom is 0.573 e. The van der Waals surface area contributed by atoms with E-state index in [1.54, 1.807) is 6.07 Å². The number of hydrogen-bond donors (Lipinski definition) is 2. The number of aliphatic carboxylic acids is 1. The molecule has 10 heteroatoms. The molecular weight excluding hydrogens is 497 g/mol. The van der Waals surface area contributed by atoms with Crippen LogP contribution in [0, 0.1) is 0 Å². The number of nitrogens with zero attached hydrogens (tertiary/aromatic N) is 3. The highest BCUT2D eigenvalue weighted by molar-refractivity contribution is 5.87. The smallest absolute Gasteiger partial charge is 0.481 e. The van der Waals surface area contributed by atoms with Gasteiger partial charge < -0.3 is 19.7 Å². The SMILES string of the molecule is CC/C=c1/nc(-c2ccc3[nH]ccc3c2)c(N2CCCc3cc(OC(F)(F)F)ccc32)n/c1=C/CC(=O)O. The molecule has 1 aliphatic heterocycles. The van der Waals surface area contributed by atoms with E-state index in [0.717, 1.165) is 16.5 Å². The molecule has 2 N–H and O–H groups in total.